The van der Waals surface area contributed by atoms with Crippen molar-refractivity contribution in [3.63, 3.8) is 0 Å². The number of nitriles is 1. The average molecular weight is 305 g/mol. The van der Waals surface area contributed by atoms with E-state index in [1.807, 2.05) is 0 Å². The minimum Gasteiger partial charge on any atom is -0.469 e. The molecule has 0 amide bonds. The fourth-order valence-electron chi connectivity index (χ4n) is 1.24. The number of rotatable bonds is 3. The number of methoxy groups -OCH3 is 1. The Hall–Kier alpha value is -1.55. The summed E-state index contributed by atoms with van der Waals surface area (Å²) in [5, 5.41) is 8.81. The van der Waals surface area contributed by atoms with Gasteiger partial charge >= 0.3 is 5.97 Å². The molecular weight excluding hydrogens is 298 g/mol. The third-order valence-electron chi connectivity index (χ3n) is 2.02. The van der Waals surface area contributed by atoms with E-state index >= 15 is 0 Å². The van der Waals surface area contributed by atoms with Gasteiger partial charge in [-0.3, -0.25) is 9.78 Å². The van der Waals surface area contributed by atoms with Crippen LogP contribution in [0.3, 0.4) is 0 Å². The number of pyridine rings is 1. The summed E-state index contributed by atoms with van der Waals surface area (Å²) >= 11 is 2.96. The zero-order valence-electron chi connectivity index (χ0n) is 8.71. The normalized spacial score (nSPS) is 10.1. The van der Waals surface area contributed by atoms with Crippen LogP contribution in [0.4, 0.5) is 8.78 Å². The summed E-state index contributed by atoms with van der Waals surface area (Å²) in [5.41, 5.74) is -0.896. The number of esters is 1. The molecule has 0 saturated carbocycles. The maximum absolute atomic E-state index is 12.8. The summed E-state index contributed by atoms with van der Waals surface area (Å²) in [6.07, 6.45) is -2.06. The second kappa shape index (κ2) is 5.68. The molecule has 0 bridgehead atoms. The van der Waals surface area contributed by atoms with Crippen LogP contribution in [-0.2, 0) is 16.0 Å². The van der Waals surface area contributed by atoms with Crippen LogP contribution in [-0.4, -0.2) is 18.1 Å². The molecule has 0 N–H and O–H groups in total. The number of halogens is 3. The zero-order chi connectivity index (χ0) is 13.0. The zero-order valence-corrected chi connectivity index (χ0v) is 10.3. The molecule has 0 atom stereocenters. The van der Waals surface area contributed by atoms with Crippen molar-refractivity contribution in [2.75, 3.05) is 7.11 Å². The van der Waals surface area contributed by atoms with E-state index in [1.165, 1.54) is 6.20 Å². The first-order valence-electron chi connectivity index (χ1n) is 4.43. The number of carbonyl (C=O) groups is 1. The van der Waals surface area contributed by atoms with Gasteiger partial charge in [-0.2, -0.15) is 5.26 Å². The van der Waals surface area contributed by atoms with Gasteiger partial charge in [0.05, 0.1) is 34.8 Å². The van der Waals surface area contributed by atoms with E-state index in [0.29, 0.717) is 0 Å². The first-order chi connectivity index (χ1) is 8.01. The first kappa shape index (κ1) is 13.5. The molecule has 90 valence electrons. The summed E-state index contributed by atoms with van der Waals surface area (Å²) in [6, 6.07) is 1.66. The highest BCUT2D eigenvalue weighted by Gasteiger charge is 2.23. The summed E-state index contributed by atoms with van der Waals surface area (Å²) in [4.78, 5) is 14.8. The average Bonchev–Trinajstić information content (AvgIpc) is 2.30. The predicted octanol–water partition coefficient (Wildman–Crippen LogP) is 2.37. The maximum Gasteiger partial charge on any atom is 0.311 e. The van der Waals surface area contributed by atoms with Gasteiger partial charge in [-0.1, -0.05) is 0 Å². The largest absolute Gasteiger partial charge is 0.469 e. The Morgan fingerprint density at radius 1 is 1.71 bits per heavy atom. The van der Waals surface area contributed by atoms with Gasteiger partial charge in [-0.05, 0) is 15.9 Å². The molecule has 1 heterocycles. The van der Waals surface area contributed by atoms with Gasteiger partial charge in [-0.15, -0.1) is 0 Å². The topological polar surface area (TPSA) is 63.0 Å². The van der Waals surface area contributed by atoms with Crippen LogP contribution >= 0.6 is 15.9 Å². The van der Waals surface area contributed by atoms with Crippen LogP contribution in [0.5, 0.6) is 0 Å². The van der Waals surface area contributed by atoms with Crippen molar-refractivity contribution < 1.29 is 18.3 Å². The predicted molar refractivity (Wildman–Crippen MR) is 57.3 cm³/mol. The van der Waals surface area contributed by atoms with Crippen molar-refractivity contribution >= 4 is 21.9 Å². The van der Waals surface area contributed by atoms with Gasteiger partial charge in [0.25, 0.3) is 6.43 Å². The highest BCUT2D eigenvalue weighted by atomic mass is 79.9. The quantitative estimate of drug-likeness (QED) is 0.804. The fraction of sp³-hybridized carbons (Fsp3) is 0.300. The van der Waals surface area contributed by atoms with Crippen molar-refractivity contribution in [1.82, 2.24) is 4.98 Å². The fourth-order valence-corrected chi connectivity index (χ4v) is 1.64. The van der Waals surface area contributed by atoms with Crippen LogP contribution in [0.1, 0.15) is 23.2 Å². The monoisotopic (exact) mass is 304 g/mol. The maximum atomic E-state index is 12.8. The minimum absolute atomic E-state index is 0.147. The molecule has 0 aliphatic heterocycles. The summed E-state index contributed by atoms with van der Waals surface area (Å²) in [5.74, 6) is -0.689. The van der Waals surface area contributed by atoms with E-state index in [-0.39, 0.29) is 15.7 Å². The molecule has 1 rings (SSSR count). The van der Waals surface area contributed by atoms with Crippen molar-refractivity contribution in [1.29, 1.82) is 5.26 Å². The molecular formula is C10H7BrF2N2O2. The third-order valence-corrected chi connectivity index (χ3v) is 2.62. The van der Waals surface area contributed by atoms with Gasteiger partial charge in [-0.25, -0.2) is 8.78 Å². The summed E-state index contributed by atoms with van der Waals surface area (Å²) < 4.78 is 30.2. The van der Waals surface area contributed by atoms with E-state index in [2.05, 4.69) is 25.7 Å². The molecule has 0 aliphatic rings. The molecule has 0 aliphatic carbocycles. The lowest BCUT2D eigenvalue weighted by molar-refractivity contribution is -0.139. The van der Waals surface area contributed by atoms with E-state index in [0.717, 1.165) is 7.11 Å². The number of hydrogen-bond acceptors (Lipinski definition) is 4. The first-order valence-corrected chi connectivity index (χ1v) is 5.22. The van der Waals surface area contributed by atoms with Crippen molar-refractivity contribution in [3.05, 3.63) is 27.5 Å². The number of alkyl halides is 2. The lowest BCUT2D eigenvalue weighted by Crippen LogP contribution is -2.10. The molecule has 0 spiro atoms. The number of carbonyl (C=O) groups excluding carboxylic acids is 1. The Kier molecular flexibility index (Phi) is 4.52. The van der Waals surface area contributed by atoms with Gasteiger partial charge in [0, 0.05) is 6.20 Å². The van der Waals surface area contributed by atoms with Crippen molar-refractivity contribution in [3.8, 4) is 6.07 Å². The molecule has 0 radical (unpaired) electrons. The Labute approximate surface area is 104 Å². The van der Waals surface area contributed by atoms with E-state index in [1.54, 1.807) is 6.07 Å². The number of ether oxygens (including phenoxy) is 1. The Morgan fingerprint density at radius 3 is 2.82 bits per heavy atom. The molecule has 0 aromatic carbocycles. The molecule has 1 aromatic heterocycles. The molecule has 1 aromatic rings. The molecule has 4 nitrogen and oxygen atoms in total. The standard InChI is InChI=1S/C10H7BrF2N2O2/c1-17-8(16)2-7-9(10(12)13)5(3-14)6(11)4-15-7/h4,10H,2H2,1H3. The Morgan fingerprint density at radius 2 is 2.35 bits per heavy atom. The van der Waals surface area contributed by atoms with Gasteiger partial charge in [0.2, 0.25) is 0 Å². The molecule has 0 saturated heterocycles. The SMILES string of the molecule is COC(=O)Cc1ncc(Br)c(C#N)c1C(F)F. The highest BCUT2D eigenvalue weighted by molar-refractivity contribution is 9.10. The van der Waals surface area contributed by atoms with Crippen LogP contribution < -0.4 is 0 Å². The highest BCUT2D eigenvalue weighted by Crippen LogP contribution is 2.30. The third kappa shape index (κ3) is 2.97. The Bertz CT molecular complexity index is 486. The summed E-state index contributed by atoms with van der Waals surface area (Å²) in [7, 11) is 1.15. The van der Waals surface area contributed by atoms with Crippen LogP contribution in [0.2, 0.25) is 0 Å². The second-order valence-corrected chi connectivity index (χ2v) is 3.86. The van der Waals surface area contributed by atoms with Crippen LogP contribution in [0.25, 0.3) is 0 Å². The number of hydrogen-bond donors (Lipinski definition) is 0. The molecule has 17 heavy (non-hydrogen) atoms. The number of nitrogens with zero attached hydrogens (tertiary/aromatic N) is 2. The van der Waals surface area contributed by atoms with Crippen molar-refractivity contribution in [2.24, 2.45) is 0 Å². The second-order valence-electron chi connectivity index (χ2n) is 3.01. The smallest absolute Gasteiger partial charge is 0.311 e. The van der Waals surface area contributed by atoms with Crippen LogP contribution in [0.15, 0.2) is 10.7 Å². The lowest BCUT2D eigenvalue weighted by atomic mass is 10.1. The van der Waals surface area contributed by atoms with Gasteiger partial charge < -0.3 is 4.74 Å². The van der Waals surface area contributed by atoms with Crippen molar-refractivity contribution in [2.45, 2.75) is 12.8 Å². The van der Waals surface area contributed by atoms with E-state index in [4.69, 9.17) is 5.26 Å². The van der Waals surface area contributed by atoms with Gasteiger partial charge in [0.1, 0.15) is 6.07 Å². The van der Waals surface area contributed by atoms with E-state index < -0.39 is 24.4 Å². The van der Waals surface area contributed by atoms with E-state index in [9.17, 15) is 13.6 Å². The summed E-state index contributed by atoms with van der Waals surface area (Å²) in [6.45, 7) is 0. The molecule has 0 fully saturated rings. The van der Waals surface area contributed by atoms with Gasteiger partial charge in [0.15, 0.2) is 0 Å². The number of aromatic nitrogens is 1. The van der Waals surface area contributed by atoms with Crippen LogP contribution in [0, 0.1) is 11.3 Å². The lowest BCUT2D eigenvalue weighted by Gasteiger charge is -2.09. The Balaban J connectivity index is 3.31. The molecule has 0 unspecified atom stereocenters. The molecule has 7 heteroatoms. The minimum atomic E-state index is -2.88.